The predicted octanol–water partition coefficient (Wildman–Crippen LogP) is 3.63. The molecule has 0 aliphatic carbocycles. The zero-order chi connectivity index (χ0) is 14.4. The van der Waals surface area contributed by atoms with Crippen LogP contribution in [0.5, 0.6) is 0 Å². The zero-order valence-corrected chi connectivity index (χ0v) is 14.1. The van der Waals surface area contributed by atoms with Crippen molar-refractivity contribution in [2.75, 3.05) is 24.7 Å². The van der Waals surface area contributed by atoms with Gasteiger partial charge in [0.15, 0.2) is 0 Å². The number of halogens is 2. The van der Waals surface area contributed by atoms with Gasteiger partial charge in [-0.1, -0.05) is 28.9 Å². The molecule has 1 saturated heterocycles. The molecule has 20 heavy (non-hydrogen) atoms. The third-order valence-electron chi connectivity index (χ3n) is 3.40. The number of benzene rings is 1. The first kappa shape index (κ1) is 16.3. The zero-order valence-electron chi connectivity index (χ0n) is 11.7. The number of thioether (sulfide) groups is 1. The van der Waals surface area contributed by atoms with Crippen LogP contribution in [0.2, 0.25) is 0 Å². The minimum Gasteiger partial charge on any atom is -0.375 e. The van der Waals surface area contributed by atoms with Gasteiger partial charge in [0, 0.05) is 22.0 Å². The summed E-state index contributed by atoms with van der Waals surface area (Å²) >= 11 is 5.40. The van der Waals surface area contributed by atoms with Gasteiger partial charge in [0.2, 0.25) is 0 Å². The number of hydrogen-bond acceptors (Lipinski definition) is 3. The minimum absolute atomic E-state index is 0.205. The summed E-state index contributed by atoms with van der Waals surface area (Å²) in [6.45, 7) is 3.96. The molecule has 2 nitrogen and oxygen atoms in total. The summed E-state index contributed by atoms with van der Waals surface area (Å²) in [5.41, 5.74) is 1.12. The first-order chi connectivity index (χ1) is 9.70. The molecule has 5 heteroatoms. The monoisotopic (exact) mass is 361 g/mol. The number of nitrogens with one attached hydrogen (secondary N) is 1. The molecule has 1 aliphatic heterocycles. The van der Waals surface area contributed by atoms with Crippen molar-refractivity contribution in [3.63, 3.8) is 0 Å². The lowest BCUT2D eigenvalue weighted by molar-refractivity contribution is 0.0471. The first-order valence-corrected chi connectivity index (χ1v) is 9.02. The summed E-state index contributed by atoms with van der Waals surface area (Å²) in [6.07, 6.45) is 2.18. The van der Waals surface area contributed by atoms with Gasteiger partial charge < -0.3 is 10.1 Å². The molecule has 1 heterocycles. The average Bonchev–Trinajstić information content (AvgIpc) is 2.46. The van der Waals surface area contributed by atoms with Crippen LogP contribution in [-0.4, -0.2) is 36.8 Å². The predicted molar refractivity (Wildman–Crippen MR) is 87.0 cm³/mol. The topological polar surface area (TPSA) is 21.3 Å². The summed E-state index contributed by atoms with van der Waals surface area (Å²) < 4.78 is 19.9. The molecule has 2 rings (SSSR count). The lowest BCUT2D eigenvalue weighted by Crippen LogP contribution is -2.46. The van der Waals surface area contributed by atoms with Crippen molar-refractivity contribution in [2.45, 2.75) is 31.9 Å². The molecule has 2 atom stereocenters. The molecular weight excluding hydrogens is 341 g/mol. The lowest BCUT2D eigenvalue weighted by Gasteiger charge is -2.31. The van der Waals surface area contributed by atoms with E-state index in [0.29, 0.717) is 0 Å². The highest BCUT2D eigenvalue weighted by atomic mass is 79.9. The molecule has 0 radical (unpaired) electrons. The van der Waals surface area contributed by atoms with E-state index in [1.807, 2.05) is 17.8 Å². The molecule has 1 aromatic rings. The van der Waals surface area contributed by atoms with Crippen LogP contribution in [0, 0.1) is 5.82 Å². The standard InChI is InChI=1S/C15H21BrFNOS/c1-2-5-18-14(15-10-20-7-6-19-15)8-11-3-4-12(17)9-13(11)16/h3-4,9,14-15,18H,2,5-8,10H2,1H3. The Labute approximate surface area is 133 Å². The van der Waals surface area contributed by atoms with E-state index in [1.54, 1.807) is 0 Å². The third-order valence-corrected chi connectivity index (χ3v) is 5.16. The normalized spacial score (nSPS) is 20.9. The van der Waals surface area contributed by atoms with Gasteiger partial charge in [0.25, 0.3) is 0 Å². The second-order valence-corrected chi connectivity index (χ2v) is 6.99. The van der Waals surface area contributed by atoms with E-state index >= 15 is 0 Å². The van der Waals surface area contributed by atoms with Crippen LogP contribution in [0.15, 0.2) is 22.7 Å². The number of hydrogen-bond donors (Lipinski definition) is 1. The Morgan fingerprint density at radius 2 is 2.40 bits per heavy atom. The Balaban J connectivity index is 2.05. The van der Waals surface area contributed by atoms with Crippen molar-refractivity contribution < 1.29 is 9.13 Å². The highest BCUT2D eigenvalue weighted by Gasteiger charge is 2.25. The molecule has 1 aliphatic rings. The Kier molecular flexibility index (Phi) is 6.81. The van der Waals surface area contributed by atoms with Crippen molar-refractivity contribution in [2.24, 2.45) is 0 Å². The van der Waals surface area contributed by atoms with Gasteiger partial charge in [-0.3, -0.25) is 0 Å². The first-order valence-electron chi connectivity index (χ1n) is 7.07. The van der Waals surface area contributed by atoms with E-state index in [2.05, 4.69) is 28.2 Å². The smallest absolute Gasteiger partial charge is 0.124 e. The van der Waals surface area contributed by atoms with Crippen LogP contribution in [0.4, 0.5) is 4.39 Å². The van der Waals surface area contributed by atoms with Crippen molar-refractivity contribution in [3.8, 4) is 0 Å². The van der Waals surface area contributed by atoms with Gasteiger partial charge in [0.05, 0.1) is 12.7 Å². The van der Waals surface area contributed by atoms with E-state index in [9.17, 15) is 4.39 Å². The maximum atomic E-state index is 13.2. The van der Waals surface area contributed by atoms with Gasteiger partial charge in [-0.05, 0) is 37.1 Å². The molecule has 1 aromatic carbocycles. The van der Waals surface area contributed by atoms with E-state index < -0.39 is 0 Å². The van der Waals surface area contributed by atoms with Crippen LogP contribution in [-0.2, 0) is 11.2 Å². The van der Waals surface area contributed by atoms with Gasteiger partial charge in [-0.15, -0.1) is 0 Å². The Morgan fingerprint density at radius 3 is 3.05 bits per heavy atom. The SMILES string of the molecule is CCCNC(Cc1ccc(F)cc1Br)C1CSCCO1. The summed E-state index contributed by atoms with van der Waals surface area (Å²) in [6, 6.07) is 5.19. The van der Waals surface area contributed by atoms with Crippen LogP contribution in [0.25, 0.3) is 0 Å². The summed E-state index contributed by atoms with van der Waals surface area (Å²) in [7, 11) is 0. The third kappa shape index (κ3) is 4.72. The van der Waals surface area contributed by atoms with E-state index in [0.717, 1.165) is 47.5 Å². The molecule has 1 N–H and O–H groups in total. The van der Waals surface area contributed by atoms with E-state index in [-0.39, 0.29) is 18.0 Å². The van der Waals surface area contributed by atoms with Crippen molar-refractivity contribution in [3.05, 3.63) is 34.1 Å². The minimum atomic E-state index is -0.205. The Hall–Kier alpha value is -0.100. The van der Waals surface area contributed by atoms with Crippen LogP contribution in [0.3, 0.4) is 0 Å². The molecule has 1 fully saturated rings. The number of rotatable bonds is 6. The van der Waals surface area contributed by atoms with Gasteiger partial charge in [-0.25, -0.2) is 4.39 Å². The fourth-order valence-corrected chi connectivity index (χ4v) is 3.78. The van der Waals surface area contributed by atoms with Crippen molar-refractivity contribution >= 4 is 27.7 Å². The molecule has 0 bridgehead atoms. The second-order valence-electron chi connectivity index (χ2n) is 4.98. The molecule has 2 unspecified atom stereocenters. The molecule has 0 amide bonds. The molecule has 112 valence electrons. The van der Waals surface area contributed by atoms with Gasteiger partial charge >= 0.3 is 0 Å². The van der Waals surface area contributed by atoms with E-state index in [1.165, 1.54) is 12.1 Å². The van der Waals surface area contributed by atoms with Crippen molar-refractivity contribution in [1.82, 2.24) is 5.32 Å². The summed E-state index contributed by atoms with van der Waals surface area (Å²) in [4.78, 5) is 0. The van der Waals surface area contributed by atoms with Crippen molar-refractivity contribution in [1.29, 1.82) is 0 Å². The maximum absolute atomic E-state index is 13.2. The highest BCUT2D eigenvalue weighted by Crippen LogP contribution is 2.23. The Morgan fingerprint density at radius 1 is 1.55 bits per heavy atom. The molecule has 0 saturated carbocycles. The van der Waals surface area contributed by atoms with Gasteiger partial charge in [-0.2, -0.15) is 11.8 Å². The van der Waals surface area contributed by atoms with E-state index in [4.69, 9.17) is 4.74 Å². The van der Waals surface area contributed by atoms with Crippen LogP contribution >= 0.6 is 27.7 Å². The number of ether oxygens (including phenoxy) is 1. The lowest BCUT2D eigenvalue weighted by atomic mass is 10.0. The molecule has 0 spiro atoms. The quantitative estimate of drug-likeness (QED) is 0.835. The summed E-state index contributed by atoms with van der Waals surface area (Å²) in [5.74, 6) is 1.90. The van der Waals surface area contributed by atoms with Gasteiger partial charge in [0.1, 0.15) is 5.82 Å². The molecular formula is C15H21BrFNOS. The fraction of sp³-hybridized carbons (Fsp3) is 0.600. The molecule has 0 aromatic heterocycles. The van der Waals surface area contributed by atoms with Crippen LogP contribution < -0.4 is 5.32 Å². The Bertz CT molecular complexity index is 426. The largest absolute Gasteiger partial charge is 0.375 e. The van der Waals surface area contributed by atoms with Crippen LogP contribution in [0.1, 0.15) is 18.9 Å². The fourth-order valence-electron chi connectivity index (χ4n) is 2.33. The highest BCUT2D eigenvalue weighted by molar-refractivity contribution is 9.10. The average molecular weight is 362 g/mol. The second kappa shape index (κ2) is 8.37. The maximum Gasteiger partial charge on any atom is 0.124 e. The summed E-state index contributed by atoms with van der Waals surface area (Å²) in [5, 5.41) is 3.58.